The summed E-state index contributed by atoms with van der Waals surface area (Å²) in [7, 11) is 1.53. The van der Waals surface area contributed by atoms with Crippen LogP contribution in [-0.4, -0.2) is 28.9 Å². The van der Waals surface area contributed by atoms with Gasteiger partial charge in [0, 0.05) is 5.56 Å². The van der Waals surface area contributed by atoms with Gasteiger partial charge in [-0.15, -0.1) is 0 Å². The van der Waals surface area contributed by atoms with Crippen molar-refractivity contribution < 1.29 is 23.8 Å². The molecule has 5 rings (SSSR count). The number of methoxy groups -OCH3 is 1. The monoisotopic (exact) mass is 474 g/mol. The minimum atomic E-state index is -0.895. The molecule has 0 aliphatic carbocycles. The lowest BCUT2D eigenvalue weighted by atomic mass is 9.95. The fraction of sp³-hybridized carbons (Fsp3) is 0.115. The first kappa shape index (κ1) is 21.8. The smallest absolute Gasteiger partial charge is 0.301 e. The van der Waals surface area contributed by atoms with Crippen molar-refractivity contribution in [2.45, 2.75) is 13.0 Å². The van der Waals surface area contributed by atoms with Crippen molar-refractivity contribution in [3.05, 3.63) is 94.8 Å². The predicted molar refractivity (Wildman–Crippen MR) is 129 cm³/mol. The summed E-state index contributed by atoms with van der Waals surface area (Å²) >= 11 is 1.11. The van der Waals surface area contributed by atoms with Crippen molar-refractivity contribution in [2.24, 2.45) is 0 Å². The van der Waals surface area contributed by atoms with Crippen LogP contribution in [0.4, 0.5) is 9.52 Å². The molecule has 1 saturated heterocycles. The maximum absolute atomic E-state index is 13.7. The maximum atomic E-state index is 13.7. The Kier molecular flexibility index (Phi) is 5.37. The Morgan fingerprint density at radius 3 is 2.44 bits per heavy atom. The van der Waals surface area contributed by atoms with E-state index in [4.69, 9.17) is 4.74 Å². The summed E-state index contributed by atoms with van der Waals surface area (Å²) in [5, 5.41) is 11.4. The van der Waals surface area contributed by atoms with E-state index in [-0.39, 0.29) is 16.5 Å². The quantitative estimate of drug-likeness (QED) is 0.244. The van der Waals surface area contributed by atoms with E-state index in [2.05, 4.69) is 4.98 Å². The number of nitrogens with zero attached hydrogens (tertiary/aromatic N) is 2. The molecule has 0 saturated carbocycles. The van der Waals surface area contributed by atoms with Gasteiger partial charge in [-0.05, 0) is 55.0 Å². The number of fused-ring (bicyclic) bond motifs is 1. The number of anilines is 1. The number of aliphatic hydroxyl groups is 1. The van der Waals surface area contributed by atoms with Gasteiger partial charge in [-0.1, -0.05) is 41.2 Å². The molecule has 1 aromatic heterocycles. The summed E-state index contributed by atoms with van der Waals surface area (Å²) in [5.41, 5.74) is 2.50. The highest BCUT2D eigenvalue weighted by molar-refractivity contribution is 7.22. The van der Waals surface area contributed by atoms with Crippen LogP contribution in [0.2, 0.25) is 0 Å². The van der Waals surface area contributed by atoms with Crippen LogP contribution < -0.4 is 9.64 Å². The standard InChI is InChI=1S/C26H19FN2O4S/c1-14-3-5-15(6-4-14)22-21(23(30)16-7-10-18(33-2)11-8-16)24(31)25(32)29(22)26-28-19-12-9-17(27)13-20(19)34-26/h3-13,22,30H,1-2H3/t22-/m0/s1. The van der Waals surface area contributed by atoms with E-state index in [9.17, 15) is 19.1 Å². The lowest BCUT2D eigenvalue weighted by Gasteiger charge is -2.23. The number of halogens is 1. The highest BCUT2D eigenvalue weighted by Gasteiger charge is 2.48. The number of aliphatic hydroxyl groups excluding tert-OH is 1. The lowest BCUT2D eigenvalue weighted by molar-refractivity contribution is -0.132. The number of thiazole rings is 1. The molecule has 1 aliphatic rings. The minimum Gasteiger partial charge on any atom is -0.507 e. The van der Waals surface area contributed by atoms with Gasteiger partial charge in [-0.2, -0.15) is 0 Å². The molecule has 1 N–H and O–H groups in total. The molecule has 6 nitrogen and oxygen atoms in total. The summed E-state index contributed by atoms with van der Waals surface area (Å²) in [4.78, 5) is 32.3. The summed E-state index contributed by atoms with van der Waals surface area (Å²) < 4.78 is 19.5. The molecule has 1 atom stereocenters. The van der Waals surface area contributed by atoms with Crippen LogP contribution >= 0.6 is 11.3 Å². The number of ether oxygens (including phenoxy) is 1. The molecule has 34 heavy (non-hydrogen) atoms. The van der Waals surface area contributed by atoms with Gasteiger partial charge in [0.25, 0.3) is 5.78 Å². The van der Waals surface area contributed by atoms with Crippen LogP contribution in [0, 0.1) is 12.7 Å². The van der Waals surface area contributed by atoms with Gasteiger partial charge in [-0.3, -0.25) is 14.5 Å². The molecule has 1 amide bonds. The van der Waals surface area contributed by atoms with Crippen LogP contribution in [0.1, 0.15) is 22.7 Å². The van der Waals surface area contributed by atoms with Gasteiger partial charge in [0.15, 0.2) is 5.13 Å². The number of carbonyl (C=O) groups excluding carboxylic acids is 2. The Balaban J connectivity index is 1.71. The second kappa shape index (κ2) is 8.39. The number of aryl methyl sites for hydroxylation is 1. The second-order valence-corrected chi connectivity index (χ2v) is 8.93. The number of ketones is 1. The molecule has 2 heterocycles. The molecule has 8 heteroatoms. The van der Waals surface area contributed by atoms with Crippen molar-refractivity contribution in [1.29, 1.82) is 0 Å². The molecule has 0 unspecified atom stereocenters. The largest absolute Gasteiger partial charge is 0.507 e. The van der Waals surface area contributed by atoms with Gasteiger partial charge in [0.2, 0.25) is 0 Å². The third kappa shape index (κ3) is 3.62. The first-order valence-electron chi connectivity index (χ1n) is 10.5. The zero-order valence-corrected chi connectivity index (χ0v) is 19.1. The predicted octanol–water partition coefficient (Wildman–Crippen LogP) is 5.38. The van der Waals surface area contributed by atoms with E-state index in [1.54, 1.807) is 24.3 Å². The fourth-order valence-electron chi connectivity index (χ4n) is 3.99. The zero-order chi connectivity index (χ0) is 24.0. The molecular weight excluding hydrogens is 455 g/mol. The van der Waals surface area contributed by atoms with Gasteiger partial charge in [-0.25, -0.2) is 9.37 Å². The summed E-state index contributed by atoms with van der Waals surface area (Å²) in [5.74, 6) is -1.74. The van der Waals surface area contributed by atoms with E-state index in [1.165, 1.54) is 30.2 Å². The summed E-state index contributed by atoms with van der Waals surface area (Å²) in [6, 6.07) is 17.2. The Morgan fingerprint density at radius 1 is 1.06 bits per heavy atom. The van der Waals surface area contributed by atoms with Crippen molar-refractivity contribution in [2.75, 3.05) is 12.0 Å². The van der Waals surface area contributed by atoms with Crippen LogP contribution in [0.15, 0.2) is 72.3 Å². The zero-order valence-electron chi connectivity index (χ0n) is 18.3. The number of carbonyl (C=O) groups is 2. The molecule has 0 bridgehead atoms. The van der Waals surface area contributed by atoms with E-state index < -0.39 is 23.5 Å². The van der Waals surface area contributed by atoms with E-state index in [0.29, 0.717) is 27.1 Å². The van der Waals surface area contributed by atoms with Crippen molar-refractivity contribution >= 4 is 44.1 Å². The van der Waals surface area contributed by atoms with Crippen molar-refractivity contribution in [3.8, 4) is 5.75 Å². The molecule has 0 spiro atoms. The Morgan fingerprint density at radius 2 is 1.76 bits per heavy atom. The fourth-order valence-corrected chi connectivity index (χ4v) is 5.00. The van der Waals surface area contributed by atoms with Crippen LogP contribution in [-0.2, 0) is 9.59 Å². The van der Waals surface area contributed by atoms with Crippen LogP contribution in [0.25, 0.3) is 16.0 Å². The number of benzene rings is 3. The van der Waals surface area contributed by atoms with Gasteiger partial charge in [0.05, 0.1) is 28.9 Å². The topological polar surface area (TPSA) is 79.7 Å². The van der Waals surface area contributed by atoms with Gasteiger partial charge >= 0.3 is 5.91 Å². The number of Topliss-reactive ketones (excluding diaryl/α,β-unsaturated/α-hetero) is 1. The second-order valence-electron chi connectivity index (χ2n) is 7.92. The van der Waals surface area contributed by atoms with E-state index >= 15 is 0 Å². The highest BCUT2D eigenvalue weighted by Crippen LogP contribution is 2.44. The van der Waals surface area contributed by atoms with Gasteiger partial charge in [0.1, 0.15) is 17.3 Å². The average Bonchev–Trinajstić information content (AvgIpc) is 3.37. The van der Waals surface area contributed by atoms with Crippen molar-refractivity contribution in [3.63, 3.8) is 0 Å². The van der Waals surface area contributed by atoms with Crippen LogP contribution in [0.3, 0.4) is 0 Å². The third-order valence-electron chi connectivity index (χ3n) is 5.75. The Labute approximate surface area is 198 Å². The summed E-state index contributed by atoms with van der Waals surface area (Å²) in [6.45, 7) is 1.93. The average molecular weight is 475 g/mol. The first-order valence-corrected chi connectivity index (χ1v) is 11.3. The molecule has 1 fully saturated rings. The Hall–Kier alpha value is -4.04. The maximum Gasteiger partial charge on any atom is 0.301 e. The molecule has 3 aromatic carbocycles. The third-order valence-corrected chi connectivity index (χ3v) is 6.76. The number of rotatable bonds is 4. The summed E-state index contributed by atoms with van der Waals surface area (Å²) in [6.07, 6.45) is 0. The number of hydrogen-bond acceptors (Lipinski definition) is 6. The van der Waals surface area contributed by atoms with E-state index in [0.717, 1.165) is 16.9 Å². The molecular formula is C26H19FN2O4S. The minimum absolute atomic E-state index is 0.0375. The van der Waals surface area contributed by atoms with Gasteiger partial charge < -0.3 is 9.84 Å². The number of aromatic nitrogens is 1. The normalized spacial score (nSPS) is 17.5. The highest BCUT2D eigenvalue weighted by atomic mass is 32.1. The van der Waals surface area contributed by atoms with Crippen molar-refractivity contribution in [1.82, 2.24) is 4.98 Å². The first-order chi connectivity index (χ1) is 16.4. The SMILES string of the molecule is COc1ccc(C(O)=C2C(=O)C(=O)N(c3nc4ccc(F)cc4s3)[C@H]2c2ccc(C)cc2)cc1. The molecule has 170 valence electrons. The Bertz CT molecular complexity index is 1460. The van der Waals surface area contributed by atoms with E-state index in [1.807, 2.05) is 31.2 Å². The molecule has 0 radical (unpaired) electrons. The molecule has 4 aromatic rings. The van der Waals surface area contributed by atoms with Crippen LogP contribution in [0.5, 0.6) is 5.75 Å². The lowest BCUT2D eigenvalue weighted by Crippen LogP contribution is -2.29. The number of hydrogen-bond donors (Lipinski definition) is 1. The number of amides is 1. The molecule has 1 aliphatic heterocycles.